The number of carbonyl (C=O) groups is 2. The van der Waals surface area contributed by atoms with Crippen LogP contribution in [0.25, 0.3) is 11.4 Å². The fraction of sp³-hybridized carbons (Fsp3) is 0.320. The smallest absolute Gasteiger partial charge is 0.240 e. The first-order valence-electron chi connectivity index (χ1n) is 11.1. The highest BCUT2D eigenvalue weighted by molar-refractivity contribution is 5.86. The van der Waals surface area contributed by atoms with E-state index < -0.39 is 0 Å². The van der Waals surface area contributed by atoms with Gasteiger partial charge in [-0.2, -0.15) is 0 Å². The van der Waals surface area contributed by atoms with Crippen molar-refractivity contribution in [3.63, 3.8) is 0 Å². The monoisotopic (exact) mass is 444 g/mol. The Morgan fingerprint density at radius 3 is 2.64 bits per heavy atom. The zero-order valence-electron chi connectivity index (χ0n) is 18.9. The Balaban J connectivity index is 1.67. The van der Waals surface area contributed by atoms with Gasteiger partial charge in [-0.3, -0.25) is 14.6 Å². The lowest BCUT2D eigenvalue weighted by Gasteiger charge is -2.23. The summed E-state index contributed by atoms with van der Waals surface area (Å²) in [6, 6.07) is 15.2. The van der Waals surface area contributed by atoms with Gasteiger partial charge in [0.05, 0.1) is 18.3 Å². The summed E-state index contributed by atoms with van der Waals surface area (Å²) in [5.41, 5.74) is 2.58. The number of hydrogen-bond acceptors (Lipinski definition) is 6. The van der Waals surface area contributed by atoms with E-state index in [4.69, 9.17) is 4.98 Å². The maximum atomic E-state index is 12.9. The molecule has 2 aromatic heterocycles. The molecule has 170 valence electrons. The Morgan fingerprint density at radius 1 is 1.15 bits per heavy atom. The van der Waals surface area contributed by atoms with Crippen molar-refractivity contribution in [3.05, 3.63) is 72.2 Å². The molecule has 8 heteroatoms. The van der Waals surface area contributed by atoms with Gasteiger partial charge in [-0.15, -0.1) is 0 Å². The van der Waals surface area contributed by atoms with Gasteiger partial charge in [-0.25, -0.2) is 9.97 Å². The number of benzene rings is 1. The number of nitrogens with zero attached hydrogens (tertiary/aromatic N) is 5. The SMILES string of the molecule is CN(C)c1cc([C@@H](Cc2ccccc2)NC(=O)CN2CCCC2=O)nc(-c2cccnc2)n1. The molecule has 0 spiro atoms. The minimum Gasteiger partial charge on any atom is -0.363 e. The molecule has 1 saturated heterocycles. The maximum absolute atomic E-state index is 12.9. The molecule has 0 bridgehead atoms. The van der Waals surface area contributed by atoms with Crippen LogP contribution in [-0.4, -0.2) is 58.9 Å². The topological polar surface area (TPSA) is 91.3 Å². The molecule has 1 aliphatic heterocycles. The summed E-state index contributed by atoms with van der Waals surface area (Å²) in [6.45, 7) is 0.685. The molecule has 1 atom stereocenters. The first-order chi connectivity index (χ1) is 16.0. The van der Waals surface area contributed by atoms with Crippen LogP contribution in [0.3, 0.4) is 0 Å². The number of likely N-dealkylation sites (tertiary alicyclic amines) is 1. The van der Waals surface area contributed by atoms with E-state index in [1.165, 1.54) is 0 Å². The van der Waals surface area contributed by atoms with Gasteiger partial charge in [0.2, 0.25) is 11.8 Å². The molecule has 1 fully saturated rings. The lowest BCUT2D eigenvalue weighted by Crippen LogP contribution is -2.40. The van der Waals surface area contributed by atoms with E-state index in [0.717, 1.165) is 23.4 Å². The van der Waals surface area contributed by atoms with Gasteiger partial charge in [0.25, 0.3) is 0 Å². The number of anilines is 1. The number of rotatable bonds is 8. The number of aromatic nitrogens is 3. The Labute approximate surface area is 193 Å². The number of nitrogens with one attached hydrogen (secondary N) is 1. The maximum Gasteiger partial charge on any atom is 0.240 e. The second kappa shape index (κ2) is 10.2. The summed E-state index contributed by atoms with van der Waals surface area (Å²) in [7, 11) is 3.84. The van der Waals surface area contributed by atoms with Crippen molar-refractivity contribution in [1.82, 2.24) is 25.2 Å². The van der Waals surface area contributed by atoms with E-state index in [1.54, 1.807) is 17.3 Å². The average Bonchev–Trinajstić information content (AvgIpc) is 3.23. The second-order valence-corrected chi connectivity index (χ2v) is 8.34. The lowest BCUT2D eigenvalue weighted by atomic mass is 10.0. The molecule has 0 saturated carbocycles. The fourth-order valence-corrected chi connectivity index (χ4v) is 3.85. The number of amides is 2. The van der Waals surface area contributed by atoms with E-state index in [1.807, 2.05) is 67.5 Å². The standard InChI is InChI=1S/C25H28N6O2/c1-30(2)22-15-21(28-25(29-22)19-10-6-12-26-16-19)20(14-18-8-4-3-5-9-18)27-23(32)17-31-13-7-11-24(31)33/h3-6,8-10,12,15-16,20H,7,11,13-14,17H2,1-2H3,(H,27,32)/t20-/m1/s1. The van der Waals surface area contributed by atoms with Crippen LogP contribution < -0.4 is 10.2 Å². The first kappa shape index (κ1) is 22.4. The molecule has 0 unspecified atom stereocenters. The van der Waals surface area contributed by atoms with E-state index in [2.05, 4.69) is 15.3 Å². The largest absolute Gasteiger partial charge is 0.363 e. The predicted molar refractivity (Wildman–Crippen MR) is 126 cm³/mol. The summed E-state index contributed by atoms with van der Waals surface area (Å²) in [6.07, 6.45) is 5.30. The molecule has 1 N–H and O–H groups in total. The molecule has 33 heavy (non-hydrogen) atoms. The van der Waals surface area contributed by atoms with Crippen molar-refractivity contribution in [1.29, 1.82) is 0 Å². The Bertz CT molecular complexity index is 1100. The Hall–Kier alpha value is -3.81. The summed E-state index contributed by atoms with van der Waals surface area (Å²) in [5, 5.41) is 3.12. The van der Waals surface area contributed by atoms with E-state index >= 15 is 0 Å². The van der Waals surface area contributed by atoms with Crippen molar-refractivity contribution in [2.75, 3.05) is 32.1 Å². The van der Waals surface area contributed by atoms with E-state index in [0.29, 0.717) is 30.9 Å². The van der Waals surface area contributed by atoms with Crippen LogP contribution in [0.15, 0.2) is 60.9 Å². The zero-order chi connectivity index (χ0) is 23.2. The van der Waals surface area contributed by atoms with E-state index in [-0.39, 0.29) is 24.4 Å². The lowest BCUT2D eigenvalue weighted by molar-refractivity contribution is -0.133. The predicted octanol–water partition coefficient (Wildman–Crippen LogP) is 2.63. The van der Waals surface area contributed by atoms with Crippen LogP contribution >= 0.6 is 0 Å². The second-order valence-electron chi connectivity index (χ2n) is 8.34. The fourth-order valence-electron chi connectivity index (χ4n) is 3.85. The Kier molecular flexibility index (Phi) is 6.92. The van der Waals surface area contributed by atoms with Gasteiger partial charge in [0.15, 0.2) is 5.82 Å². The summed E-state index contributed by atoms with van der Waals surface area (Å²) in [4.78, 5) is 42.1. The third kappa shape index (κ3) is 5.71. The minimum absolute atomic E-state index is 0.0283. The molecular weight excluding hydrogens is 416 g/mol. The molecule has 1 aromatic carbocycles. The molecule has 3 heterocycles. The average molecular weight is 445 g/mol. The summed E-state index contributed by atoms with van der Waals surface area (Å²) < 4.78 is 0. The van der Waals surface area contributed by atoms with Crippen LogP contribution in [0.2, 0.25) is 0 Å². The van der Waals surface area contributed by atoms with Crippen molar-refractivity contribution in [2.24, 2.45) is 0 Å². The zero-order valence-corrected chi connectivity index (χ0v) is 18.9. The van der Waals surface area contributed by atoms with Gasteiger partial charge in [0.1, 0.15) is 5.82 Å². The van der Waals surface area contributed by atoms with Gasteiger partial charge < -0.3 is 15.1 Å². The van der Waals surface area contributed by atoms with Crippen molar-refractivity contribution in [2.45, 2.75) is 25.3 Å². The molecule has 8 nitrogen and oxygen atoms in total. The number of pyridine rings is 1. The van der Waals surface area contributed by atoms with Gasteiger partial charge in [0, 0.05) is 51.1 Å². The summed E-state index contributed by atoms with van der Waals surface area (Å²) >= 11 is 0. The minimum atomic E-state index is -0.380. The molecule has 4 rings (SSSR count). The van der Waals surface area contributed by atoms with Crippen LogP contribution in [0, 0.1) is 0 Å². The molecule has 0 aliphatic carbocycles. The van der Waals surface area contributed by atoms with E-state index in [9.17, 15) is 9.59 Å². The third-order valence-electron chi connectivity index (χ3n) is 5.59. The van der Waals surface area contributed by atoms with Crippen molar-refractivity contribution < 1.29 is 9.59 Å². The van der Waals surface area contributed by atoms with Crippen LogP contribution in [0.1, 0.15) is 30.1 Å². The highest BCUT2D eigenvalue weighted by Gasteiger charge is 2.25. The third-order valence-corrected chi connectivity index (χ3v) is 5.59. The van der Waals surface area contributed by atoms with Crippen molar-refractivity contribution in [3.8, 4) is 11.4 Å². The summed E-state index contributed by atoms with van der Waals surface area (Å²) in [5.74, 6) is 1.12. The van der Waals surface area contributed by atoms with Crippen LogP contribution in [0.5, 0.6) is 0 Å². The van der Waals surface area contributed by atoms with Gasteiger partial charge in [-0.1, -0.05) is 30.3 Å². The molecular formula is C25H28N6O2. The molecule has 2 amide bonds. The number of hydrogen-bond donors (Lipinski definition) is 1. The van der Waals surface area contributed by atoms with Gasteiger partial charge >= 0.3 is 0 Å². The highest BCUT2D eigenvalue weighted by Crippen LogP contribution is 2.24. The van der Waals surface area contributed by atoms with Crippen molar-refractivity contribution >= 4 is 17.6 Å². The van der Waals surface area contributed by atoms with Gasteiger partial charge in [-0.05, 0) is 30.5 Å². The normalized spacial score (nSPS) is 14.2. The molecule has 1 aliphatic rings. The molecule has 3 aromatic rings. The Morgan fingerprint density at radius 2 is 1.97 bits per heavy atom. The first-order valence-corrected chi connectivity index (χ1v) is 11.1. The van der Waals surface area contributed by atoms with Crippen LogP contribution in [-0.2, 0) is 16.0 Å². The number of carbonyl (C=O) groups excluding carboxylic acids is 2. The molecule has 0 radical (unpaired) electrons. The quantitative estimate of drug-likeness (QED) is 0.574. The highest BCUT2D eigenvalue weighted by atomic mass is 16.2. The van der Waals surface area contributed by atoms with Crippen LogP contribution in [0.4, 0.5) is 5.82 Å².